The quantitative estimate of drug-likeness (QED) is 0.743. The van der Waals surface area contributed by atoms with E-state index in [4.69, 9.17) is 22.1 Å². The average molecular weight is 399 g/mol. The van der Waals surface area contributed by atoms with Crippen LogP contribution in [0.15, 0.2) is 12.1 Å². The molecule has 0 amide bonds. The highest BCUT2D eigenvalue weighted by Gasteiger charge is 2.28. The van der Waals surface area contributed by atoms with Gasteiger partial charge in [0.1, 0.15) is 5.75 Å². The van der Waals surface area contributed by atoms with Crippen molar-refractivity contribution in [1.82, 2.24) is 9.80 Å². The lowest BCUT2D eigenvalue weighted by molar-refractivity contribution is 0.0884. The SMILES string of the molecule is COc1cc(N2CCC(N3CCN(CCSC)CC3)CC2)c(Cl)cc1N. The maximum Gasteiger partial charge on any atom is 0.143 e. The van der Waals surface area contributed by atoms with E-state index in [2.05, 4.69) is 21.0 Å². The van der Waals surface area contributed by atoms with Crippen LogP contribution in [0.2, 0.25) is 5.02 Å². The number of rotatable bonds is 6. The molecule has 0 unspecified atom stereocenters. The van der Waals surface area contributed by atoms with Crippen LogP contribution < -0.4 is 15.4 Å². The molecular weight excluding hydrogens is 368 g/mol. The predicted molar refractivity (Wildman–Crippen MR) is 114 cm³/mol. The molecule has 0 atom stereocenters. The maximum atomic E-state index is 6.44. The van der Waals surface area contributed by atoms with E-state index in [0.29, 0.717) is 22.5 Å². The van der Waals surface area contributed by atoms with Crippen molar-refractivity contribution in [2.45, 2.75) is 18.9 Å². The largest absolute Gasteiger partial charge is 0.495 e. The highest BCUT2D eigenvalue weighted by molar-refractivity contribution is 7.98. The first-order valence-corrected chi connectivity index (χ1v) is 11.2. The number of halogens is 1. The molecule has 3 rings (SSSR count). The Morgan fingerprint density at radius 1 is 1.15 bits per heavy atom. The lowest BCUT2D eigenvalue weighted by Crippen LogP contribution is -2.53. The Hall–Kier alpha value is -0.820. The molecule has 1 aromatic carbocycles. The zero-order chi connectivity index (χ0) is 18.5. The van der Waals surface area contributed by atoms with Gasteiger partial charge >= 0.3 is 0 Å². The molecule has 2 heterocycles. The van der Waals surface area contributed by atoms with Crippen LogP contribution in [0.3, 0.4) is 0 Å². The second-order valence-corrected chi connectivity index (χ2v) is 8.53. The first kappa shape index (κ1) is 19.9. The van der Waals surface area contributed by atoms with Gasteiger partial charge in [-0.3, -0.25) is 9.80 Å². The Kier molecular flexibility index (Phi) is 7.20. The Balaban J connectivity index is 1.52. The highest BCUT2D eigenvalue weighted by Crippen LogP contribution is 2.36. The van der Waals surface area contributed by atoms with Crippen molar-refractivity contribution in [3.8, 4) is 5.75 Å². The van der Waals surface area contributed by atoms with Gasteiger partial charge in [0, 0.05) is 63.7 Å². The number of nitrogens with zero attached hydrogens (tertiary/aromatic N) is 3. The van der Waals surface area contributed by atoms with Crippen LogP contribution in [0.4, 0.5) is 11.4 Å². The number of hydrogen-bond acceptors (Lipinski definition) is 6. The van der Waals surface area contributed by atoms with Crippen LogP contribution >= 0.6 is 23.4 Å². The molecule has 2 aliphatic rings. The van der Waals surface area contributed by atoms with Crippen molar-refractivity contribution in [1.29, 1.82) is 0 Å². The van der Waals surface area contributed by atoms with Crippen LogP contribution in [-0.4, -0.2) is 80.8 Å². The summed E-state index contributed by atoms with van der Waals surface area (Å²) >= 11 is 8.38. The minimum absolute atomic E-state index is 0.593. The molecule has 146 valence electrons. The van der Waals surface area contributed by atoms with E-state index in [1.807, 2.05) is 17.8 Å². The third kappa shape index (κ3) is 4.71. The van der Waals surface area contributed by atoms with Crippen molar-refractivity contribution in [2.75, 3.05) is 75.6 Å². The van der Waals surface area contributed by atoms with Crippen molar-refractivity contribution in [3.63, 3.8) is 0 Å². The topological polar surface area (TPSA) is 45.0 Å². The van der Waals surface area contributed by atoms with E-state index >= 15 is 0 Å². The zero-order valence-corrected chi connectivity index (χ0v) is 17.5. The first-order chi connectivity index (χ1) is 12.6. The van der Waals surface area contributed by atoms with Crippen molar-refractivity contribution >= 4 is 34.7 Å². The van der Waals surface area contributed by atoms with Gasteiger partial charge in [0.25, 0.3) is 0 Å². The summed E-state index contributed by atoms with van der Waals surface area (Å²) in [5, 5.41) is 0.712. The fourth-order valence-corrected chi connectivity index (χ4v) is 4.75. The number of benzene rings is 1. The third-order valence-corrected chi connectivity index (χ3v) is 6.53. The fraction of sp³-hybridized carbons (Fsp3) is 0.684. The lowest BCUT2D eigenvalue weighted by atomic mass is 10.0. The summed E-state index contributed by atoms with van der Waals surface area (Å²) in [4.78, 5) is 7.66. The normalized spacial score (nSPS) is 20.5. The fourth-order valence-electron chi connectivity index (χ4n) is 4.02. The summed E-state index contributed by atoms with van der Waals surface area (Å²) in [6.45, 7) is 8.12. The molecule has 0 bridgehead atoms. The summed E-state index contributed by atoms with van der Waals surface area (Å²) < 4.78 is 5.36. The van der Waals surface area contributed by atoms with E-state index in [9.17, 15) is 0 Å². The van der Waals surface area contributed by atoms with Crippen LogP contribution in [0, 0.1) is 0 Å². The molecule has 0 aromatic heterocycles. The summed E-state index contributed by atoms with van der Waals surface area (Å²) in [5.41, 5.74) is 7.58. The second-order valence-electron chi connectivity index (χ2n) is 7.13. The Bertz CT molecular complexity index is 587. The average Bonchev–Trinajstić information content (AvgIpc) is 2.67. The summed E-state index contributed by atoms with van der Waals surface area (Å²) in [6, 6.07) is 4.47. The molecule has 2 fully saturated rings. The zero-order valence-electron chi connectivity index (χ0n) is 15.9. The molecular formula is C19H31ClN4OS. The van der Waals surface area contributed by atoms with Gasteiger partial charge in [-0.25, -0.2) is 0 Å². The molecule has 0 radical (unpaired) electrons. The summed E-state index contributed by atoms with van der Waals surface area (Å²) in [7, 11) is 1.65. The van der Waals surface area contributed by atoms with Gasteiger partial charge in [0.2, 0.25) is 0 Å². The number of nitrogen functional groups attached to an aromatic ring is 1. The van der Waals surface area contributed by atoms with Gasteiger partial charge in [-0.15, -0.1) is 0 Å². The number of anilines is 2. The predicted octanol–water partition coefficient (Wildman–Crippen LogP) is 2.88. The number of ether oxygens (including phenoxy) is 1. The molecule has 0 aliphatic carbocycles. The van der Waals surface area contributed by atoms with Crippen LogP contribution in [0.1, 0.15) is 12.8 Å². The summed E-state index contributed by atoms with van der Waals surface area (Å²) in [6.07, 6.45) is 4.56. The Morgan fingerprint density at radius 2 is 1.85 bits per heavy atom. The molecule has 7 heteroatoms. The third-order valence-electron chi connectivity index (χ3n) is 5.64. The molecule has 0 spiro atoms. The monoisotopic (exact) mass is 398 g/mol. The van der Waals surface area contributed by atoms with E-state index in [1.54, 1.807) is 13.2 Å². The van der Waals surface area contributed by atoms with E-state index in [1.165, 1.54) is 51.3 Å². The minimum Gasteiger partial charge on any atom is -0.495 e. The van der Waals surface area contributed by atoms with Gasteiger partial charge in [-0.2, -0.15) is 11.8 Å². The summed E-state index contributed by atoms with van der Waals surface area (Å²) in [5.74, 6) is 1.94. The molecule has 0 saturated carbocycles. The number of methoxy groups -OCH3 is 1. The lowest BCUT2D eigenvalue weighted by Gasteiger charge is -2.43. The van der Waals surface area contributed by atoms with Crippen molar-refractivity contribution < 1.29 is 4.74 Å². The first-order valence-electron chi connectivity index (χ1n) is 9.45. The maximum absolute atomic E-state index is 6.44. The smallest absolute Gasteiger partial charge is 0.143 e. The number of piperazine rings is 1. The van der Waals surface area contributed by atoms with E-state index in [0.717, 1.165) is 18.8 Å². The van der Waals surface area contributed by atoms with Crippen molar-refractivity contribution in [3.05, 3.63) is 17.2 Å². The number of piperidine rings is 1. The van der Waals surface area contributed by atoms with Crippen LogP contribution in [0.25, 0.3) is 0 Å². The second kappa shape index (κ2) is 9.40. The van der Waals surface area contributed by atoms with Crippen LogP contribution in [0.5, 0.6) is 5.75 Å². The molecule has 2 saturated heterocycles. The van der Waals surface area contributed by atoms with Gasteiger partial charge in [0.05, 0.1) is 23.5 Å². The van der Waals surface area contributed by atoms with E-state index < -0.39 is 0 Å². The van der Waals surface area contributed by atoms with Gasteiger partial charge in [-0.05, 0) is 25.2 Å². The van der Waals surface area contributed by atoms with Crippen molar-refractivity contribution in [2.24, 2.45) is 0 Å². The standard InChI is InChI=1S/C19H31ClN4OS/c1-25-19-14-18(16(20)13-17(19)21)24-5-3-15(4-6-24)23-9-7-22(8-10-23)11-12-26-2/h13-15H,3-12,21H2,1-2H3. The molecule has 2 aliphatic heterocycles. The number of nitrogens with two attached hydrogens (primary N) is 1. The molecule has 1 aromatic rings. The molecule has 26 heavy (non-hydrogen) atoms. The Morgan fingerprint density at radius 3 is 2.46 bits per heavy atom. The molecule has 5 nitrogen and oxygen atoms in total. The number of thioether (sulfide) groups is 1. The highest BCUT2D eigenvalue weighted by atomic mass is 35.5. The minimum atomic E-state index is 0.593. The Labute approximate surface area is 166 Å². The van der Waals surface area contributed by atoms with Gasteiger partial charge < -0.3 is 15.4 Å². The van der Waals surface area contributed by atoms with Gasteiger partial charge in [-0.1, -0.05) is 11.6 Å². The molecule has 2 N–H and O–H groups in total. The van der Waals surface area contributed by atoms with E-state index in [-0.39, 0.29) is 0 Å². The van der Waals surface area contributed by atoms with Crippen LogP contribution in [-0.2, 0) is 0 Å². The van der Waals surface area contributed by atoms with Gasteiger partial charge in [0.15, 0.2) is 0 Å². The number of hydrogen-bond donors (Lipinski definition) is 1.